The van der Waals surface area contributed by atoms with Crippen molar-refractivity contribution >= 4 is 97.4 Å². The molecule has 69 heavy (non-hydrogen) atoms. The SMILES string of the molecule is CC(C)c1cc(C(C)C)c(B2c3ccccc3N(c3ccccc3)c3cc4c(cc32)B2c3ccccc3Oc3cc(N(c5ccccc5)c5ccccc5)cc(c32)N4c2ccccc2)c(C(C)C)c1. The molecule has 12 rings (SSSR count). The van der Waals surface area contributed by atoms with Gasteiger partial charge in [0.05, 0.1) is 5.69 Å². The Morgan fingerprint density at radius 1 is 0.362 bits per heavy atom. The average molecular weight is 892 g/mol. The van der Waals surface area contributed by atoms with Crippen molar-refractivity contribution in [1.29, 1.82) is 0 Å². The second-order valence-electron chi connectivity index (χ2n) is 19.8. The predicted octanol–water partition coefficient (Wildman–Crippen LogP) is 13.2. The zero-order valence-corrected chi connectivity index (χ0v) is 40.3. The monoisotopic (exact) mass is 891 g/mol. The Bertz CT molecular complexity index is 3310. The molecule has 3 aliphatic heterocycles. The van der Waals surface area contributed by atoms with E-state index in [-0.39, 0.29) is 13.4 Å². The van der Waals surface area contributed by atoms with Gasteiger partial charge < -0.3 is 19.4 Å². The molecule has 9 aromatic carbocycles. The molecule has 3 heterocycles. The lowest BCUT2D eigenvalue weighted by Crippen LogP contribution is -2.63. The molecule has 0 bridgehead atoms. The van der Waals surface area contributed by atoms with Crippen LogP contribution in [0.15, 0.2) is 206 Å². The maximum atomic E-state index is 7.16. The first-order chi connectivity index (χ1) is 33.7. The molecule has 0 N–H and O–H groups in total. The lowest BCUT2D eigenvalue weighted by atomic mass is 9.30. The molecule has 0 aromatic heterocycles. The van der Waals surface area contributed by atoms with Crippen molar-refractivity contribution in [3.63, 3.8) is 0 Å². The van der Waals surface area contributed by atoms with Gasteiger partial charge in [-0.2, -0.15) is 0 Å². The smallest absolute Gasteiger partial charge is 0.256 e. The van der Waals surface area contributed by atoms with Gasteiger partial charge in [0.15, 0.2) is 0 Å². The van der Waals surface area contributed by atoms with E-state index in [0.717, 1.165) is 51.3 Å². The van der Waals surface area contributed by atoms with Gasteiger partial charge in [-0.25, -0.2) is 0 Å². The van der Waals surface area contributed by atoms with Gasteiger partial charge in [0.25, 0.3) is 6.71 Å². The Morgan fingerprint density at radius 2 is 0.841 bits per heavy atom. The number of benzene rings is 9. The molecule has 3 aliphatic rings. The molecule has 0 saturated carbocycles. The summed E-state index contributed by atoms with van der Waals surface area (Å²) in [6.45, 7) is 14.1. The molecule has 0 atom stereocenters. The third-order valence-corrected chi connectivity index (χ3v) is 14.6. The van der Waals surface area contributed by atoms with E-state index in [4.69, 9.17) is 4.74 Å². The minimum Gasteiger partial charge on any atom is -0.458 e. The maximum Gasteiger partial charge on any atom is 0.256 e. The van der Waals surface area contributed by atoms with Gasteiger partial charge in [0, 0.05) is 51.6 Å². The van der Waals surface area contributed by atoms with E-state index in [2.05, 4.69) is 262 Å². The average Bonchev–Trinajstić information content (AvgIpc) is 3.38. The first-order valence-electron chi connectivity index (χ1n) is 24.7. The van der Waals surface area contributed by atoms with Crippen LogP contribution in [0.5, 0.6) is 11.5 Å². The van der Waals surface area contributed by atoms with E-state index in [0.29, 0.717) is 17.8 Å². The van der Waals surface area contributed by atoms with Crippen molar-refractivity contribution in [2.24, 2.45) is 0 Å². The van der Waals surface area contributed by atoms with Crippen LogP contribution in [0.1, 0.15) is 76.0 Å². The normalized spacial score (nSPS) is 13.2. The first kappa shape index (κ1) is 42.6. The van der Waals surface area contributed by atoms with E-state index in [1.165, 1.54) is 60.8 Å². The Morgan fingerprint density at radius 3 is 1.39 bits per heavy atom. The molecule has 0 unspecified atom stereocenters. The molecule has 0 spiro atoms. The van der Waals surface area contributed by atoms with Crippen LogP contribution in [0.2, 0.25) is 0 Å². The number of fused-ring (bicyclic) bond motifs is 6. The summed E-state index contributed by atoms with van der Waals surface area (Å²) in [5, 5.41) is 0. The zero-order chi connectivity index (χ0) is 46.9. The van der Waals surface area contributed by atoms with Crippen LogP contribution in [0.3, 0.4) is 0 Å². The quantitative estimate of drug-likeness (QED) is 0.134. The van der Waals surface area contributed by atoms with E-state index in [1.54, 1.807) is 0 Å². The first-order valence-corrected chi connectivity index (χ1v) is 24.7. The fourth-order valence-corrected chi connectivity index (χ4v) is 11.5. The third-order valence-electron chi connectivity index (χ3n) is 14.6. The molecule has 6 heteroatoms. The minimum atomic E-state index is -0.100. The van der Waals surface area contributed by atoms with Crippen molar-refractivity contribution in [2.75, 3.05) is 14.7 Å². The van der Waals surface area contributed by atoms with Gasteiger partial charge in [-0.1, -0.05) is 174 Å². The molecule has 0 fully saturated rings. The lowest BCUT2D eigenvalue weighted by molar-refractivity contribution is 0.487. The Hall–Kier alpha value is -7.69. The predicted molar refractivity (Wildman–Crippen MR) is 295 cm³/mol. The Kier molecular flexibility index (Phi) is 10.6. The Balaban J connectivity index is 1.20. The van der Waals surface area contributed by atoms with Crippen LogP contribution in [0.4, 0.5) is 51.2 Å². The van der Waals surface area contributed by atoms with E-state index < -0.39 is 0 Å². The summed E-state index contributed by atoms with van der Waals surface area (Å²) < 4.78 is 7.16. The van der Waals surface area contributed by atoms with Gasteiger partial charge in [-0.05, 0) is 135 Å². The fourth-order valence-electron chi connectivity index (χ4n) is 11.5. The largest absolute Gasteiger partial charge is 0.458 e. The molecule has 0 aliphatic carbocycles. The molecule has 0 radical (unpaired) electrons. The zero-order valence-electron chi connectivity index (χ0n) is 40.3. The second-order valence-corrected chi connectivity index (χ2v) is 19.8. The summed E-state index contributed by atoms with van der Waals surface area (Å²) in [7, 11) is 0. The highest BCUT2D eigenvalue weighted by molar-refractivity contribution is 7.01. The number of hydrogen-bond acceptors (Lipinski definition) is 4. The minimum absolute atomic E-state index is 0.0220. The number of ether oxygens (including phenoxy) is 1. The van der Waals surface area contributed by atoms with Crippen molar-refractivity contribution < 1.29 is 4.74 Å². The maximum absolute atomic E-state index is 7.16. The molecule has 9 aromatic rings. The summed E-state index contributed by atoms with van der Waals surface area (Å²) in [5.41, 5.74) is 22.1. The summed E-state index contributed by atoms with van der Waals surface area (Å²) in [6.07, 6.45) is 0. The van der Waals surface area contributed by atoms with Gasteiger partial charge >= 0.3 is 0 Å². The summed E-state index contributed by atoms with van der Waals surface area (Å²) in [4.78, 5) is 7.39. The second kappa shape index (κ2) is 17.1. The summed E-state index contributed by atoms with van der Waals surface area (Å²) in [6, 6.07) is 76.0. The lowest BCUT2D eigenvalue weighted by Gasteiger charge is -2.44. The molecule has 4 nitrogen and oxygen atoms in total. The third kappa shape index (κ3) is 7.07. The molecular weight excluding hydrogens is 836 g/mol. The van der Waals surface area contributed by atoms with Gasteiger partial charge in [0.1, 0.15) is 11.5 Å². The van der Waals surface area contributed by atoms with Crippen LogP contribution >= 0.6 is 0 Å². The highest BCUT2D eigenvalue weighted by Gasteiger charge is 2.46. The van der Waals surface area contributed by atoms with Gasteiger partial charge in [-0.15, -0.1) is 0 Å². The van der Waals surface area contributed by atoms with Crippen LogP contribution in [-0.2, 0) is 0 Å². The molecular formula is C63H55B2N3O. The number of para-hydroxylation sites is 6. The van der Waals surface area contributed by atoms with Crippen molar-refractivity contribution in [3.05, 3.63) is 223 Å². The van der Waals surface area contributed by atoms with E-state index >= 15 is 0 Å². The highest BCUT2D eigenvalue weighted by Crippen LogP contribution is 2.47. The van der Waals surface area contributed by atoms with E-state index in [1.807, 2.05) is 0 Å². The standard InChI is InChI=1S/C63H55B2N3O/c1-41(2)44-35-50(42(3)4)62(51(36-44)43(5)6)64-52-31-19-21-33-56(52)67(47-27-15-9-16-28-47)57-40-58-55(39-54(57)64)65-53-32-20-22-34-60(53)69-61-38-49(37-59(63(61)65)68(58)48-29-17-10-18-30-48)66(45-23-11-7-12-24-45)46-25-13-8-14-26-46/h7-43H,1-6H3. The molecule has 0 amide bonds. The topological polar surface area (TPSA) is 19.0 Å². The highest BCUT2D eigenvalue weighted by atomic mass is 16.5. The van der Waals surface area contributed by atoms with Crippen LogP contribution in [-0.4, -0.2) is 13.4 Å². The van der Waals surface area contributed by atoms with Crippen molar-refractivity contribution in [2.45, 2.75) is 59.3 Å². The number of anilines is 9. The van der Waals surface area contributed by atoms with Gasteiger partial charge in [0.2, 0.25) is 6.71 Å². The summed E-state index contributed by atoms with van der Waals surface area (Å²) >= 11 is 0. The van der Waals surface area contributed by atoms with Crippen LogP contribution < -0.4 is 52.2 Å². The van der Waals surface area contributed by atoms with Crippen LogP contribution in [0.25, 0.3) is 0 Å². The number of rotatable bonds is 9. The van der Waals surface area contributed by atoms with E-state index in [9.17, 15) is 0 Å². The van der Waals surface area contributed by atoms with Gasteiger partial charge in [-0.3, -0.25) is 0 Å². The van der Waals surface area contributed by atoms with Crippen molar-refractivity contribution in [1.82, 2.24) is 0 Å². The molecule has 0 saturated heterocycles. The Labute approximate surface area is 408 Å². The summed E-state index contributed by atoms with van der Waals surface area (Å²) in [5.74, 6) is 2.82. The number of hydrogen-bond donors (Lipinski definition) is 0. The molecule has 334 valence electrons. The fraction of sp³-hybridized carbons (Fsp3) is 0.143. The van der Waals surface area contributed by atoms with Crippen molar-refractivity contribution in [3.8, 4) is 11.5 Å². The van der Waals surface area contributed by atoms with Crippen LogP contribution in [0, 0.1) is 0 Å². The number of nitrogens with zero attached hydrogens (tertiary/aromatic N) is 3.